The van der Waals surface area contributed by atoms with Gasteiger partial charge in [-0.25, -0.2) is 22.5 Å². The molecule has 2 saturated heterocycles. The van der Waals surface area contributed by atoms with E-state index in [0.717, 1.165) is 18.9 Å². The van der Waals surface area contributed by atoms with Crippen LogP contribution < -0.4 is 20.3 Å². The molecule has 0 radical (unpaired) electrons. The van der Waals surface area contributed by atoms with Crippen molar-refractivity contribution in [3.05, 3.63) is 52.7 Å². The summed E-state index contributed by atoms with van der Waals surface area (Å²) in [4.78, 5) is 32.0. The Morgan fingerprint density at radius 3 is 2.36 bits per heavy atom. The van der Waals surface area contributed by atoms with Gasteiger partial charge >= 0.3 is 0 Å². The molecular formula is C27H29ClF4N4O3. The minimum atomic E-state index is -2.84. The smallest absolute Gasteiger partial charge is 0.270 e. The molecule has 7 nitrogen and oxygen atoms in total. The fourth-order valence-corrected chi connectivity index (χ4v) is 5.60. The van der Waals surface area contributed by atoms with Crippen molar-refractivity contribution in [2.24, 2.45) is 0 Å². The molecule has 1 aliphatic carbocycles. The maximum absolute atomic E-state index is 13.5. The molecule has 1 aromatic heterocycles. The molecule has 2 bridgehead atoms. The third kappa shape index (κ3) is 5.78. The maximum Gasteiger partial charge on any atom is 0.270 e. The van der Waals surface area contributed by atoms with Crippen LogP contribution in [0.3, 0.4) is 0 Å². The van der Waals surface area contributed by atoms with Crippen LogP contribution in [0.25, 0.3) is 0 Å². The average molecular weight is 569 g/mol. The highest BCUT2D eigenvalue weighted by atomic mass is 35.5. The van der Waals surface area contributed by atoms with E-state index < -0.39 is 35.8 Å². The van der Waals surface area contributed by atoms with Crippen LogP contribution in [0.15, 0.2) is 36.5 Å². The molecule has 3 aliphatic rings. The Morgan fingerprint density at radius 1 is 1.13 bits per heavy atom. The van der Waals surface area contributed by atoms with E-state index in [1.165, 1.54) is 32.2 Å². The van der Waals surface area contributed by atoms with Gasteiger partial charge in [-0.15, -0.1) is 0 Å². The van der Waals surface area contributed by atoms with Gasteiger partial charge < -0.3 is 20.3 Å². The first-order valence-electron chi connectivity index (χ1n) is 12.8. The maximum atomic E-state index is 13.5. The summed E-state index contributed by atoms with van der Waals surface area (Å²) in [6.07, 6.45) is 1.35. The second-order valence-electron chi connectivity index (χ2n) is 10.9. The summed E-state index contributed by atoms with van der Waals surface area (Å²) in [6, 6.07) is 6.14. The monoisotopic (exact) mass is 568 g/mol. The lowest BCUT2D eigenvalue weighted by Crippen LogP contribution is -2.55. The van der Waals surface area contributed by atoms with Crippen molar-refractivity contribution in [3.63, 3.8) is 0 Å². The van der Waals surface area contributed by atoms with Gasteiger partial charge in [0.15, 0.2) is 5.60 Å². The lowest BCUT2D eigenvalue weighted by Gasteiger charge is -2.41. The number of nitrogens with one attached hydrogen (secondary N) is 2. The van der Waals surface area contributed by atoms with Crippen LogP contribution in [0.4, 0.5) is 23.4 Å². The van der Waals surface area contributed by atoms with Crippen LogP contribution in [-0.2, 0) is 4.79 Å². The molecule has 1 unspecified atom stereocenters. The minimum Gasteiger partial charge on any atom is -0.478 e. The Morgan fingerprint density at radius 2 is 1.79 bits per heavy atom. The normalized spacial score (nSPS) is 25.4. The van der Waals surface area contributed by atoms with Gasteiger partial charge in [0.1, 0.15) is 11.6 Å². The van der Waals surface area contributed by atoms with E-state index in [4.69, 9.17) is 16.3 Å². The van der Waals surface area contributed by atoms with Crippen molar-refractivity contribution >= 4 is 29.2 Å². The molecule has 0 spiro atoms. The third-order valence-electron chi connectivity index (χ3n) is 7.59. The lowest BCUT2D eigenvalue weighted by atomic mass is 9.96. The molecular weight excluding hydrogens is 540 g/mol. The topological polar surface area (TPSA) is 83.6 Å². The third-order valence-corrected chi connectivity index (χ3v) is 7.83. The van der Waals surface area contributed by atoms with Crippen molar-refractivity contribution in [1.29, 1.82) is 0 Å². The predicted molar refractivity (Wildman–Crippen MR) is 137 cm³/mol. The van der Waals surface area contributed by atoms with Gasteiger partial charge in [-0.05, 0) is 69.9 Å². The van der Waals surface area contributed by atoms with E-state index in [1.54, 1.807) is 12.1 Å². The van der Waals surface area contributed by atoms with Crippen molar-refractivity contribution in [3.8, 4) is 5.75 Å². The van der Waals surface area contributed by atoms with Gasteiger partial charge in [0.2, 0.25) is 0 Å². The lowest BCUT2D eigenvalue weighted by molar-refractivity contribution is -0.135. The number of carbonyl (C=O) groups is 2. The van der Waals surface area contributed by atoms with Crippen LogP contribution >= 0.6 is 11.6 Å². The number of halogens is 5. The van der Waals surface area contributed by atoms with E-state index in [2.05, 4.69) is 20.5 Å². The number of nitrogens with zero attached hydrogens (tertiary/aromatic N) is 2. The summed E-state index contributed by atoms with van der Waals surface area (Å²) in [5.74, 6) is -3.24. The molecule has 210 valence electrons. The number of aromatic nitrogens is 1. The second-order valence-corrected chi connectivity index (χ2v) is 11.4. The van der Waals surface area contributed by atoms with Gasteiger partial charge in [-0.2, -0.15) is 0 Å². The summed E-state index contributed by atoms with van der Waals surface area (Å²) >= 11 is 5.84. The van der Waals surface area contributed by atoms with Crippen molar-refractivity contribution in [1.82, 2.24) is 15.6 Å². The van der Waals surface area contributed by atoms with E-state index in [-0.39, 0.29) is 46.4 Å². The highest BCUT2D eigenvalue weighted by Crippen LogP contribution is 2.42. The molecule has 2 aliphatic heterocycles. The zero-order valence-corrected chi connectivity index (χ0v) is 22.2. The number of hydrogen-bond donors (Lipinski definition) is 2. The number of ether oxygens (including phenoxy) is 1. The van der Waals surface area contributed by atoms with Crippen LogP contribution in [0.5, 0.6) is 5.75 Å². The Labute approximate surface area is 228 Å². The van der Waals surface area contributed by atoms with Gasteiger partial charge in [0.05, 0.1) is 17.2 Å². The van der Waals surface area contributed by atoms with E-state index >= 15 is 0 Å². The number of pyridine rings is 1. The molecule has 3 fully saturated rings. The molecule has 12 heteroatoms. The first-order valence-corrected chi connectivity index (χ1v) is 13.2. The Kier molecular flexibility index (Phi) is 7.15. The molecule has 2 N–H and O–H groups in total. The predicted octanol–water partition coefficient (Wildman–Crippen LogP) is 5.28. The van der Waals surface area contributed by atoms with Gasteiger partial charge in [0.25, 0.3) is 24.2 Å². The number of carbonyl (C=O) groups excluding carboxylic acids is 2. The summed E-state index contributed by atoms with van der Waals surface area (Å²) in [6.45, 7) is 3.06. The number of piperidine rings is 1. The summed E-state index contributed by atoms with van der Waals surface area (Å²) < 4.78 is 58.9. The fourth-order valence-electron chi connectivity index (χ4n) is 5.42. The van der Waals surface area contributed by atoms with Crippen molar-refractivity contribution in [2.75, 3.05) is 4.90 Å². The Balaban J connectivity index is 1.19. The first kappa shape index (κ1) is 27.5. The number of fused-ring (bicyclic) bond motifs is 2. The number of amides is 2. The molecule has 2 amide bonds. The molecule has 1 aromatic carbocycles. The summed E-state index contributed by atoms with van der Waals surface area (Å²) in [5.41, 5.74) is -1.57. The number of alkyl halides is 4. The number of benzene rings is 1. The first-order chi connectivity index (χ1) is 18.3. The summed E-state index contributed by atoms with van der Waals surface area (Å²) in [5, 5.41) is 5.49. The zero-order valence-electron chi connectivity index (χ0n) is 21.4. The van der Waals surface area contributed by atoms with E-state index in [0.29, 0.717) is 18.7 Å². The Hall–Kier alpha value is -3.08. The Bertz CT molecular complexity index is 1250. The van der Waals surface area contributed by atoms with Crippen LogP contribution in [-0.4, -0.2) is 52.5 Å². The quantitative estimate of drug-likeness (QED) is 0.423. The fraction of sp³-hybridized carbons (Fsp3) is 0.519. The number of rotatable bonds is 8. The van der Waals surface area contributed by atoms with E-state index in [1.807, 2.05) is 0 Å². The van der Waals surface area contributed by atoms with Gasteiger partial charge in [0, 0.05) is 35.8 Å². The molecule has 39 heavy (non-hydrogen) atoms. The second kappa shape index (κ2) is 10.1. The highest BCUT2D eigenvalue weighted by molar-refractivity contribution is 6.30. The van der Waals surface area contributed by atoms with Crippen LogP contribution in [0.1, 0.15) is 68.3 Å². The largest absolute Gasteiger partial charge is 0.478 e. The standard InChI is InChI=1S/C27H29ClF4N4O3/c1-26(2,39-20-7-4-15(28)9-19(20)23(29)30)25(38)34-16-10-17-5-6-18(11-16)36(17)22-8-3-14(13-33-22)24(37)35-21-12-27(21,31)32/h3-4,7-9,13,16-18,21,23H,5-6,10-12H2,1-2H3,(H,34,38)(H,35,37)/t16-,17+,18-,21?. The molecule has 3 heterocycles. The van der Waals surface area contributed by atoms with Crippen LogP contribution in [0.2, 0.25) is 5.02 Å². The van der Waals surface area contributed by atoms with Crippen molar-refractivity contribution < 1.29 is 31.9 Å². The SMILES string of the molecule is CC(C)(Oc1ccc(Cl)cc1C(F)F)C(=O)N[C@H]1C[C@H]2CC[C@@H](C1)N2c1ccc(C(=O)NC2CC2(F)F)cn1. The van der Waals surface area contributed by atoms with Gasteiger partial charge in [-0.1, -0.05) is 11.6 Å². The van der Waals surface area contributed by atoms with Gasteiger partial charge in [-0.3, -0.25) is 9.59 Å². The number of anilines is 1. The molecule has 2 aromatic rings. The molecule has 1 saturated carbocycles. The highest BCUT2D eigenvalue weighted by Gasteiger charge is 2.58. The zero-order chi connectivity index (χ0) is 28.1. The molecule has 5 rings (SSSR count). The minimum absolute atomic E-state index is 0.0986. The van der Waals surface area contributed by atoms with Crippen molar-refractivity contribution in [2.45, 2.75) is 88.1 Å². The number of hydrogen-bond acceptors (Lipinski definition) is 5. The van der Waals surface area contributed by atoms with E-state index in [9.17, 15) is 27.2 Å². The average Bonchev–Trinajstić information content (AvgIpc) is 3.38. The van der Waals surface area contributed by atoms with Crippen LogP contribution in [0, 0.1) is 0 Å². The molecule has 4 atom stereocenters. The summed E-state index contributed by atoms with van der Waals surface area (Å²) in [7, 11) is 0.